The van der Waals surface area contributed by atoms with Crippen molar-refractivity contribution in [3.8, 4) is 11.3 Å². The topological polar surface area (TPSA) is 93.6 Å². The predicted molar refractivity (Wildman–Crippen MR) is 112 cm³/mol. The molecular weight excluding hydrogens is 380 g/mol. The van der Waals surface area contributed by atoms with Crippen LogP contribution in [0.5, 0.6) is 0 Å². The number of furan rings is 1. The highest BCUT2D eigenvalue weighted by atomic mass is 16.4. The van der Waals surface area contributed by atoms with E-state index < -0.39 is 5.91 Å². The molecule has 1 saturated carbocycles. The number of benzene rings is 2. The number of rotatable bonds is 7. The van der Waals surface area contributed by atoms with Gasteiger partial charge in [-0.25, -0.2) is 0 Å². The third-order valence-electron chi connectivity index (χ3n) is 5.23. The summed E-state index contributed by atoms with van der Waals surface area (Å²) in [6, 6.07) is 17.7. The molecule has 2 amide bonds. The molecule has 0 bridgehead atoms. The van der Waals surface area contributed by atoms with Crippen LogP contribution >= 0.6 is 0 Å². The van der Waals surface area contributed by atoms with Crippen LogP contribution in [0, 0.1) is 0 Å². The Hall–Kier alpha value is -3.67. The van der Waals surface area contributed by atoms with Crippen LogP contribution in [0.4, 0.5) is 0 Å². The van der Waals surface area contributed by atoms with E-state index in [4.69, 9.17) is 10.2 Å². The Kier molecular flexibility index (Phi) is 5.23. The second-order valence-corrected chi connectivity index (χ2v) is 7.52. The summed E-state index contributed by atoms with van der Waals surface area (Å²) in [5.41, 5.74) is 8.08. The van der Waals surface area contributed by atoms with Gasteiger partial charge in [0, 0.05) is 29.3 Å². The molecule has 1 fully saturated rings. The molecule has 0 unspecified atom stereocenters. The maximum atomic E-state index is 13.1. The van der Waals surface area contributed by atoms with E-state index in [0.29, 0.717) is 23.4 Å². The quantitative estimate of drug-likeness (QED) is 0.603. The minimum Gasteiger partial charge on any atom is -0.451 e. The first-order chi connectivity index (χ1) is 14.4. The lowest BCUT2D eigenvalue weighted by molar-refractivity contribution is 0.0698. The van der Waals surface area contributed by atoms with Crippen molar-refractivity contribution >= 4 is 17.6 Å². The van der Waals surface area contributed by atoms with Crippen LogP contribution in [-0.2, 0) is 6.54 Å². The van der Waals surface area contributed by atoms with Gasteiger partial charge in [-0.15, -0.1) is 0 Å². The number of primary amides is 1. The fraction of sp³-hybridized carbons (Fsp3) is 0.208. The van der Waals surface area contributed by atoms with Gasteiger partial charge in [0.1, 0.15) is 5.76 Å². The molecule has 0 aliphatic heterocycles. The SMILES string of the molecule is CC(=O)c1ccc(-c2ccc(C(=O)N(Cc3ccc(C(N)=O)cc3)C3CC3)o2)cc1. The second kappa shape index (κ2) is 7.99. The first-order valence-electron chi connectivity index (χ1n) is 9.83. The van der Waals surface area contributed by atoms with E-state index >= 15 is 0 Å². The van der Waals surface area contributed by atoms with Gasteiger partial charge in [-0.2, -0.15) is 0 Å². The Labute approximate surface area is 174 Å². The summed E-state index contributed by atoms with van der Waals surface area (Å²) in [5.74, 6) is 0.219. The van der Waals surface area contributed by atoms with E-state index in [9.17, 15) is 14.4 Å². The minimum atomic E-state index is -0.476. The lowest BCUT2D eigenvalue weighted by Gasteiger charge is -2.21. The highest BCUT2D eigenvalue weighted by Crippen LogP contribution is 2.31. The number of Topliss-reactive ketones (excluding diaryl/α,β-unsaturated/α-hetero) is 1. The first kappa shape index (κ1) is 19.6. The molecule has 0 spiro atoms. The van der Waals surface area contributed by atoms with Crippen LogP contribution in [0.2, 0.25) is 0 Å². The third kappa shape index (κ3) is 4.17. The van der Waals surface area contributed by atoms with Crippen molar-refractivity contribution in [1.82, 2.24) is 4.90 Å². The molecule has 0 saturated heterocycles. The monoisotopic (exact) mass is 402 g/mol. The summed E-state index contributed by atoms with van der Waals surface area (Å²) in [4.78, 5) is 37.6. The zero-order valence-corrected chi connectivity index (χ0v) is 16.6. The smallest absolute Gasteiger partial charge is 0.290 e. The van der Waals surface area contributed by atoms with E-state index in [0.717, 1.165) is 24.0 Å². The molecule has 0 radical (unpaired) electrons. The van der Waals surface area contributed by atoms with Crippen molar-refractivity contribution in [2.45, 2.75) is 32.4 Å². The van der Waals surface area contributed by atoms with Crippen LogP contribution < -0.4 is 5.73 Å². The van der Waals surface area contributed by atoms with Gasteiger partial charge in [0.05, 0.1) is 0 Å². The van der Waals surface area contributed by atoms with Gasteiger partial charge in [0.15, 0.2) is 11.5 Å². The molecule has 2 N–H and O–H groups in total. The van der Waals surface area contributed by atoms with Crippen molar-refractivity contribution in [3.63, 3.8) is 0 Å². The maximum absolute atomic E-state index is 13.1. The number of nitrogens with zero attached hydrogens (tertiary/aromatic N) is 1. The van der Waals surface area contributed by atoms with Crippen molar-refractivity contribution in [3.05, 3.63) is 83.1 Å². The molecule has 3 aromatic rings. The van der Waals surface area contributed by atoms with Crippen LogP contribution in [0.15, 0.2) is 65.1 Å². The van der Waals surface area contributed by atoms with E-state index in [1.165, 1.54) is 6.92 Å². The third-order valence-corrected chi connectivity index (χ3v) is 5.23. The molecule has 1 aliphatic rings. The molecule has 6 nitrogen and oxygen atoms in total. The molecule has 30 heavy (non-hydrogen) atoms. The summed E-state index contributed by atoms with van der Waals surface area (Å²) < 4.78 is 5.84. The Bertz CT molecular complexity index is 1090. The molecule has 152 valence electrons. The van der Waals surface area contributed by atoms with Gasteiger partial charge in [-0.3, -0.25) is 14.4 Å². The van der Waals surface area contributed by atoms with Gasteiger partial charge >= 0.3 is 0 Å². The number of hydrogen-bond acceptors (Lipinski definition) is 4. The highest BCUT2D eigenvalue weighted by molar-refractivity contribution is 5.95. The van der Waals surface area contributed by atoms with Crippen LogP contribution in [0.1, 0.15) is 56.6 Å². The molecule has 2 aromatic carbocycles. The van der Waals surface area contributed by atoms with Crippen LogP contribution in [0.3, 0.4) is 0 Å². The number of ketones is 1. The fourth-order valence-electron chi connectivity index (χ4n) is 3.34. The van der Waals surface area contributed by atoms with E-state index in [1.54, 1.807) is 41.3 Å². The van der Waals surface area contributed by atoms with Crippen LogP contribution in [-0.4, -0.2) is 28.5 Å². The summed E-state index contributed by atoms with van der Waals surface area (Å²) in [5, 5.41) is 0. The largest absolute Gasteiger partial charge is 0.451 e. The highest BCUT2D eigenvalue weighted by Gasteiger charge is 2.34. The summed E-state index contributed by atoms with van der Waals surface area (Å²) >= 11 is 0. The molecule has 0 atom stereocenters. The molecular formula is C24H22N2O4. The summed E-state index contributed by atoms with van der Waals surface area (Å²) in [7, 11) is 0. The standard InChI is InChI=1S/C24H22N2O4/c1-15(27)17-6-8-18(9-7-17)21-12-13-22(30-21)24(29)26(20-10-11-20)14-16-2-4-19(5-3-16)23(25)28/h2-9,12-13,20H,10-11,14H2,1H3,(H2,25,28). The van der Waals surface area contributed by atoms with E-state index in [2.05, 4.69) is 0 Å². The average molecular weight is 402 g/mol. The molecule has 4 rings (SSSR count). The number of nitrogens with two attached hydrogens (primary N) is 1. The average Bonchev–Trinajstić information content (AvgIpc) is 3.47. The van der Waals surface area contributed by atoms with Gasteiger partial charge in [0.2, 0.25) is 5.91 Å². The minimum absolute atomic E-state index is 0.000739. The molecule has 1 heterocycles. The molecule has 1 aliphatic carbocycles. The Morgan fingerprint density at radius 3 is 2.13 bits per heavy atom. The Morgan fingerprint density at radius 1 is 0.933 bits per heavy atom. The predicted octanol–water partition coefficient (Wildman–Crippen LogP) is 4.05. The number of carbonyl (C=O) groups is 3. The first-order valence-corrected chi connectivity index (χ1v) is 9.83. The van der Waals surface area contributed by atoms with E-state index in [1.807, 2.05) is 24.3 Å². The number of carbonyl (C=O) groups excluding carboxylic acids is 3. The Balaban J connectivity index is 1.52. The zero-order chi connectivity index (χ0) is 21.3. The van der Waals surface area contributed by atoms with E-state index in [-0.39, 0.29) is 23.5 Å². The van der Waals surface area contributed by atoms with Crippen molar-refractivity contribution < 1.29 is 18.8 Å². The second-order valence-electron chi connectivity index (χ2n) is 7.52. The maximum Gasteiger partial charge on any atom is 0.290 e. The lowest BCUT2D eigenvalue weighted by Crippen LogP contribution is -2.32. The lowest BCUT2D eigenvalue weighted by atomic mass is 10.1. The molecule has 1 aromatic heterocycles. The summed E-state index contributed by atoms with van der Waals surface area (Å²) in [6.45, 7) is 1.96. The van der Waals surface area contributed by atoms with Crippen molar-refractivity contribution in [2.24, 2.45) is 5.73 Å². The van der Waals surface area contributed by atoms with Crippen molar-refractivity contribution in [1.29, 1.82) is 0 Å². The number of amides is 2. The normalized spacial score (nSPS) is 13.1. The number of hydrogen-bond donors (Lipinski definition) is 1. The van der Waals surface area contributed by atoms with Crippen molar-refractivity contribution in [2.75, 3.05) is 0 Å². The zero-order valence-electron chi connectivity index (χ0n) is 16.6. The summed E-state index contributed by atoms with van der Waals surface area (Å²) in [6.07, 6.45) is 1.93. The van der Waals surface area contributed by atoms with Gasteiger partial charge in [-0.05, 0) is 49.6 Å². The fourth-order valence-corrected chi connectivity index (χ4v) is 3.34. The molecule has 6 heteroatoms. The van der Waals surface area contributed by atoms with Gasteiger partial charge < -0.3 is 15.1 Å². The van der Waals surface area contributed by atoms with Gasteiger partial charge in [0.25, 0.3) is 5.91 Å². The van der Waals surface area contributed by atoms with Gasteiger partial charge in [-0.1, -0.05) is 36.4 Å². The Morgan fingerprint density at radius 2 is 1.57 bits per heavy atom. The van der Waals surface area contributed by atoms with Crippen LogP contribution in [0.25, 0.3) is 11.3 Å².